The van der Waals surface area contributed by atoms with E-state index < -0.39 is 5.25 Å². The van der Waals surface area contributed by atoms with Crippen molar-refractivity contribution in [2.45, 2.75) is 30.6 Å². The second kappa shape index (κ2) is 6.84. The first-order valence-electron chi connectivity index (χ1n) is 8.36. The van der Waals surface area contributed by atoms with Crippen LogP contribution in [0.1, 0.15) is 19.3 Å². The SMILES string of the molecule is O=C(CC1SC(=NC2CC3C=CC2C3)NC1=O)Nc1ccc(Cl)cc1. The van der Waals surface area contributed by atoms with E-state index in [2.05, 4.69) is 22.8 Å². The van der Waals surface area contributed by atoms with Gasteiger partial charge in [0.15, 0.2) is 5.17 Å². The van der Waals surface area contributed by atoms with Crippen molar-refractivity contribution in [1.82, 2.24) is 5.32 Å². The topological polar surface area (TPSA) is 70.6 Å². The highest BCUT2D eigenvalue weighted by Gasteiger charge is 2.38. The van der Waals surface area contributed by atoms with Crippen LogP contribution in [0.4, 0.5) is 5.69 Å². The van der Waals surface area contributed by atoms with Gasteiger partial charge in [-0.05, 0) is 48.9 Å². The lowest BCUT2D eigenvalue weighted by molar-refractivity contribution is -0.122. The Morgan fingerprint density at radius 2 is 2.08 bits per heavy atom. The zero-order valence-corrected chi connectivity index (χ0v) is 15.0. The van der Waals surface area contributed by atoms with Crippen LogP contribution in [-0.2, 0) is 9.59 Å². The third-order valence-corrected chi connectivity index (χ3v) is 6.15. The Morgan fingerprint density at radius 1 is 1.28 bits per heavy atom. The van der Waals surface area contributed by atoms with E-state index in [1.807, 2.05) is 0 Å². The minimum atomic E-state index is -0.430. The summed E-state index contributed by atoms with van der Waals surface area (Å²) in [5.74, 6) is 0.803. The monoisotopic (exact) mass is 375 g/mol. The number of amidine groups is 1. The number of hydrogen-bond donors (Lipinski definition) is 2. The molecule has 5 nitrogen and oxygen atoms in total. The predicted molar refractivity (Wildman–Crippen MR) is 101 cm³/mol. The van der Waals surface area contributed by atoms with Gasteiger partial charge in [0.25, 0.3) is 0 Å². The van der Waals surface area contributed by atoms with E-state index in [-0.39, 0.29) is 24.3 Å². The fourth-order valence-corrected chi connectivity index (χ4v) is 4.72. The predicted octanol–water partition coefficient (Wildman–Crippen LogP) is 3.22. The van der Waals surface area contributed by atoms with Gasteiger partial charge in [0.1, 0.15) is 5.25 Å². The van der Waals surface area contributed by atoms with E-state index in [9.17, 15) is 9.59 Å². The number of halogens is 1. The molecule has 25 heavy (non-hydrogen) atoms. The van der Waals surface area contributed by atoms with Crippen molar-refractivity contribution < 1.29 is 9.59 Å². The summed E-state index contributed by atoms with van der Waals surface area (Å²) in [6.07, 6.45) is 6.86. The minimum Gasteiger partial charge on any atom is -0.326 e. The molecule has 1 aromatic carbocycles. The summed E-state index contributed by atoms with van der Waals surface area (Å²) < 4.78 is 0. The Labute approximate surface area is 155 Å². The molecule has 2 amide bonds. The van der Waals surface area contributed by atoms with Crippen LogP contribution >= 0.6 is 23.4 Å². The number of aliphatic imine (C=N–C) groups is 1. The minimum absolute atomic E-state index is 0.120. The van der Waals surface area contributed by atoms with E-state index in [4.69, 9.17) is 16.6 Å². The van der Waals surface area contributed by atoms with Gasteiger partial charge in [0.2, 0.25) is 11.8 Å². The maximum absolute atomic E-state index is 12.2. The van der Waals surface area contributed by atoms with Crippen molar-refractivity contribution in [1.29, 1.82) is 0 Å². The Morgan fingerprint density at radius 3 is 2.76 bits per heavy atom. The molecule has 2 aliphatic carbocycles. The quantitative estimate of drug-likeness (QED) is 0.794. The maximum atomic E-state index is 12.2. The van der Waals surface area contributed by atoms with Crippen LogP contribution in [0.15, 0.2) is 41.4 Å². The Bertz CT molecular complexity index is 762. The molecule has 1 aliphatic heterocycles. The van der Waals surface area contributed by atoms with Gasteiger partial charge in [0, 0.05) is 17.1 Å². The molecule has 4 atom stereocenters. The van der Waals surface area contributed by atoms with Crippen molar-refractivity contribution in [2.75, 3.05) is 5.32 Å². The van der Waals surface area contributed by atoms with Crippen molar-refractivity contribution in [3.05, 3.63) is 41.4 Å². The van der Waals surface area contributed by atoms with E-state index in [1.165, 1.54) is 18.2 Å². The lowest BCUT2D eigenvalue weighted by atomic mass is 10.0. The molecule has 1 saturated heterocycles. The lowest BCUT2D eigenvalue weighted by Gasteiger charge is -2.13. The molecule has 3 aliphatic rings. The van der Waals surface area contributed by atoms with Crippen molar-refractivity contribution >= 4 is 46.0 Å². The molecule has 4 rings (SSSR count). The number of fused-ring (bicyclic) bond motifs is 2. The van der Waals surface area contributed by atoms with Crippen LogP contribution in [0.25, 0.3) is 0 Å². The Kier molecular flexibility index (Phi) is 4.56. The van der Waals surface area contributed by atoms with Crippen molar-refractivity contribution in [3.8, 4) is 0 Å². The van der Waals surface area contributed by atoms with Crippen molar-refractivity contribution in [3.63, 3.8) is 0 Å². The number of benzene rings is 1. The molecule has 2 N–H and O–H groups in total. The molecule has 2 bridgehead atoms. The number of amides is 2. The zero-order chi connectivity index (χ0) is 17.4. The van der Waals surface area contributed by atoms with Crippen LogP contribution in [0.5, 0.6) is 0 Å². The molecule has 130 valence electrons. The normalized spacial score (nSPS) is 31.6. The van der Waals surface area contributed by atoms with Gasteiger partial charge >= 0.3 is 0 Å². The molecule has 1 aromatic rings. The first-order chi connectivity index (χ1) is 12.1. The highest BCUT2D eigenvalue weighted by atomic mass is 35.5. The molecule has 0 aromatic heterocycles. The third kappa shape index (κ3) is 3.75. The molecular formula is C18H18ClN3O2S. The first kappa shape index (κ1) is 16.7. The zero-order valence-electron chi connectivity index (χ0n) is 13.4. The van der Waals surface area contributed by atoms with Gasteiger partial charge in [-0.25, -0.2) is 0 Å². The summed E-state index contributed by atoms with van der Waals surface area (Å²) in [5.41, 5.74) is 0.667. The van der Waals surface area contributed by atoms with Gasteiger partial charge in [0.05, 0.1) is 6.04 Å². The molecule has 0 spiro atoms. The molecule has 1 saturated carbocycles. The smallest absolute Gasteiger partial charge is 0.240 e. The fraction of sp³-hybridized carbons (Fsp3) is 0.389. The average Bonchev–Trinajstić information content (AvgIpc) is 3.27. The van der Waals surface area contributed by atoms with Gasteiger partial charge in [-0.2, -0.15) is 0 Å². The van der Waals surface area contributed by atoms with E-state index in [0.717, 1.165) is 6.42 Å². The first-order valence-corrected chi connectivity index (χ1v) is 9.61. The van der Waals surface area contributed by atoms with Gasteiger partial charge in [-0.1, -0.05) is 35.5 Å². The van der Waals surface area contributed by atoms with Gasteiger partial charge < -0.3 is 10.6 Å². The van der Waals surface area contributed by atoms with E-state index in [1.54, 1.807) is 24.3 Å². The second-order valence-corrected chi connectivity index (χ2v) is 8.26. The summed E-state index contributed by atoms with van der Waals surface area (Å²) in [7, 11) is 0. The van der Waals surface area contributed by atoms with Crippen LogP contribution < -0.4 is 10.6 Å². The van der Waals surface area contributed by atoms with E-state index in [0.29, 0.717) is 27.7 Å². The highest BCUT2D eigenvalue weighted by Crippen LogP contribution is 2.41. The third-order valence-electron chi connectivity index (χ3n) is 4.80. The summed E-state index contributed by atoms with van der Waals surface area (Å²) in [6, 6.07) is 7.15. The largest absolute Gasteiger partial charge is 0.326 e. The summed E-state index contributed by atoms with van der Waals surface area (Å²) in [6.45, 7) is 0. The number of carbonyl (C=O) groups excluding carboxylic acids is 2. The molecule has 1 heterocycles. The summed E-state index contributed by atoms with van der Waals surface area (Å²) in [5, 5.41) is 6.44. The Balaban J connectivity index is 1.33. The van der Waals surface area contributed by atoms with Gasteiger partial charge in [-0.15, -0.1) is 0 Å². The van der Waals surface area contributed by atoms with Crippen LogP contribution in [0, 0.1) is 11.8 Å². The lowest BCUT2D eigenvalue weighted by Crippen LogP contribution is -2.28. The van der Waals surface area contributed by atoms with Crippen LogP contribution in [0.2, 0.25) is 5.02 Å². The second-order valence-electron chi connectivity index (χ2n) is 6.64. The van der Waals surface area contributed by atoms with Crippen molar-refractivity contribution in [2.24, 2.45) is 16.8 Å². The van der Waals surface area contributed by atoms with E-state index >= 15 is 0 Å². The number of hydrogen-bond acceptors (Lipinski definition) is 4. The molecule has 7 heteroatoms. The highest BCUT2D eigenvalue weighted by molar-refractivity contribution is 8.15. The number of thioether (sulfide) groups is 1. The molecule has 2 fully saturated rings. The number of rotatable bonds is 4. The average molecular weight is 376 g/mol. The number of nitrogens with one attached hydrogen (secondary N) is 2. The number of anilines is 1. The van der Waals surface area contributed by atoms with Gasteiger partial charge in [-0.3, -0.25) is 14.6 Å². The summed E-state index contributed by atoms with van der Waals surface area (Å²) >= 11 is 7.19. The van der Waals surface area contributed by atoms with Crippen LogP contribution in [0.3, 0.4) is 0 Å². The standard InChI is InChI=1S/C18H18ClN3O2S/c19-12-3-5-13(6-4-12)20-16(23)9-15-17(24)22-18(25-15)21-14-8-10-1-2-11(14)7-10/h1-6,10-11,14-15H,7-9H2,(H,20,23)(H,21,22,24). The Hall–Kier alpha value is -1.79. The summed E-state index contributed by atoms with van der Waals surface area (Å²) in [4.78, 5) is 29.0. The van der Waals surface area contributed by atoms with Crippen LogP contribution in [-0.4, -0.2) is 28.3 Å². The number of carbonyl (C=O) groups is 2. The molecule has 4 unspecified atom stereocenters. The number of allylic oxidation sites excluding steroid dienone is 1. The molecule has 0 radical (unpaired) electrons. The molecular weight excluding hydrogens is 358 g/mol. The maximum Gasteiger partial charge on any atom is 0.240 e. The fourth-order valence-electron chi connectivity index (χ4n) is 3.57. The number of nitrogens with zero attached hydrogens (tertiary/aromatic N) is 1.